The van der Waals surface area contributed by atoms with E-state index < -0.39 is 0 Å². The van der Waals surface area contributed by atoms with Gasteiger partial charge in [-0.2, -0.15) is 0 Å². The number of nitro benzene ring substituents is 1. The lowest BCUT2D eigenvalue weighted by Crippen LogP contribution is -2.29. The number of fused-ring (bicyclic) bond motifs is 3. The minimum Gasteiger partial charge on any atom is -0.494 e. The zero-order valence-electron chi connectivity index (χ0n) is 13.6. The van der Waals surface area contributed by atoms with Gasteiger partial charge in [-0.1, -0.05) is 35.9 Å². The van der Waals surface area contributed by atoms with E-state index in [0.29, 0.717) is 10.8 Å². The molecular formula is C19H17ClN2O3. The van der Waals surface area contributed by atoms with Crippen LogP contribution in [0.1, 0.15) is 29.5 Å². The number of nitrogens with zero attached hydrogens (tertiary/aromatic N) is 1. The molecule has 0 aromatic heterocycles. The van der Waals surface area contributed by atoms with Crippen LogP contribution in [0, 0.1) is 16.0 Å². The van der Waals surface area contributed by atoms with E-state index in [1.807, 2.05) is 18.2 Å². The van der Waals surface area contributed by atoms with E-state index in [-0.39, 0.29) is 28.5 Å². The zero-order valence-corrected chi connectivity index (χ0v) is 14.4. The molecule has 128 valence electrons. The summed E-state index contributed by atoms with van der Waals surface area (Å²) in [5.74, 6) is 0.904. The molecule has 0 saturated heterocycles. The van der Waals surface area contributed by atoms with Crippen molar-refractivity contribution in [1.82, 2.24) is 0 Å². The number of ether oxygens (including phenoxy) is 1. The van der Waals surface area contributed by atoms with Gasteiger partial charge in [0.05, 0.1) is 29.8 Å². The van der Waals surface area contributed by atoms with Crippen molar-refractivity contribution in [3.05, 3.63) is 74.8 Å². The fraction of sp³-hybridized carbons (Fsp3) is 0.263. The zero-order chi connectivity index (χ0) is 17.6. The predicted molar refractivity (Wildman–Crippen MR) is 97.5 cm³/mol. The van der Waals surface area contributed by atoms with Crippen LogP contribution < -0.4 is 10.1 Å². The number of methoxy groups -OCH3 is 1. The summed E-state index contributed by atoms with van der Waals surface area (Å²) in [4.78, 5) is 10.9. The molecular weight excluding hydrogens is 340 g/mol. The van der Waals surface area contributed by atoms with Crippen molar-refractivity contribution in [2.45, 2.75) is 18.4 Å². The van der Waals surface area contributed by atoms with E-state index in [2.05, 4.69) is 23.5 Å². The normalized spacial score (nSPS) is 23.5. The van der Waals surface area contributed by atoms with E-state index >= 15 is 0 Å². The Balaban J connectivity index is 1.85. The molecule has 3 atom stereocenters. The van der Waals surface area contributed by atoms with E-state index in [4.69, 9.17) is 16.3 Å². The molecule has 1 aliphatic carbocycles. The van der Waals surface area contributed by atoms with Crippen LogP contribution >= 0.6 is 11.6 Å². The Kier molecular flexibility index (Phi) is 3.88. The van der Waals surface area contributed by atoms with Gasteiger partial charge in [-0.15, -0.1) is 0 Å². The van der Waals surface area contributed by atoms with E-state index in [1.165, 1.54) is 13.2 Å². The van der Waals surface area contributed by atoms with Crippen LogP contribution in [0.4, 0.5) is 11.4 Å². The van der Waals surface area contributed by atoms with Crippen LogP contribution in [0.15, 0.2) is 48.6 Å². The van der Waals surface area contributed by atoms with Gasteiger partial charge in [-0.3, -0.25) is 10.1 Å². The minimum absolute atomic E-state index is 0.0534. The molecule has 2 aromatic rings. The molecule has 1 aliphatic heterocycles. The molecule has 1 heterocycles. The number of halogens is 1. The number of hydrogen-bond acceptors (Lipinski definition) is 4. The molecule has 5 nitrogen and oxygen atoms in total. The maximum Gasteiger partial charge on any atom is 0.273 e. The predicted octanol–water partition coefficient (Wildman–Crippen LogP) is 5.08. The second kappa shape index (κ2) is 6.08. The topological polar surface area (TPSA) is 64.4 Å². The van der Waals surface area contributed by atoms with Gasteiger partial charge in [0.25, 0.3) is 5.69 Å². The summed E-state index contributed by atoms with van der Waals surface area (Å²) in [6.07, 6.45) is 5.21. The van der Waals surface area contributed by atoms with Crippen LogP contribution in [-0.4, -0.2) is 12.0 Å². The highest BCUT2D eigenvalue weighted by Gasteiger charge is 2.40. The summed E-state index contributed by atoms with van der Waals surface area (Å²) in [6, 6.07) is 11.0. The fourth-order valence-electron chi connectivity index (χ4n) is 3.95. The Morgan fingerprint density at radius 2 is 2.16 bits per heavy atom. The summed E-state index contributed by atoms with van der Waals surface area (Å²) >= 11 is 6.18. The summed E-state index contributed by atoms with van der Waals surface area (Å²) in [5, 5.41) is 15.5. The molecule has 2 aromatic carbocycles. The highest BCUT2D eigenvalue weighted by atomic mass is 35.5. The third-order valence-corrected chi connectivity index (χ3v) is 5.29. The molecule has 0 fully saturated rings. The van der Waals surface area contributed by atoms with Crippen molar-refractivity contribution in [3.8, 4) is 5.75 Å². The highest BCUT2D eigenvalue weighted by Crippen LogP contribution is 2.53. The first kappa shape index (κ1) is 16.0. The minimum atomic E-state index is -0.375. The monoisotopic (exact) mass is 356 g/mol. The second-order valence-electron chi connectivity index (χ2n) is 6.40. The number of hydrogen-bond donors (Lipinski definition) is 1. The molecule has 2 unspecified atom stereocenters. The lowest BCUT2D eigenvalue weighted by atomic mass is 9.76. The first-order valence-corrected chi connectivity index (χ1v) is 8.51. The van der Waals surface area contributed by atoms with Gasteiger partial charge in [0.1, 0.15) is 5.75 Å². The van der Waals surface area contributed by atoms with Crippen molar-refractivity contribution >= 4 is 23.0 Å². The molecule has 1 N–H and O–H groups in total. The number of anilines is 1. The molecule has 0 amide bonds. The standard InChI is InChI=1S/C19H17ClN2O3/c1-25-17-10-13(22(23)24)9-16-14-6-3-7-15(14)18(21-19(16)17)11-4-2-5-12(20)8-11/h2-6,8-10,14-15,18,21H,7H2,1H3/t14?,15?,18-/m1/s1. The molecule has 0 spiro atoms. The Labute approximate surface area is 150 Å². The van der Waals surface area contributed by atoms with E-state index in [0.717, 1.165) is 23.2 Å². The Hall–Kier alpha value is -2.53. The third-order valence-electron chi connectivity index (χ3n) is 5.06. The van der Waals surface area contributed by atoms with Gasteiger partial charge >= 0.3 is 0 Å². The van der Waals surface area contributed by atoms with Gasteiger partial charge in [-0.25, -0.2) is 0 Å². The van der Waals surface area contributed by atoms with Crippen LogP contribution in [0.2, 0.25) is 5.02 Å². The average Bonchev–Trinajstić information content (AvgIpc) is 3.10. The van der Waals surface area contributed by atoms with Crippen molar-refractivity contribution in [2.24, 2.45) is 5.92 Å². The fourth-order valence-corrected chi connectivity index (χ4v) is 4.15. The number of allylic oxidation sites excluding steroid dienone is 2. The van der Waals surface area contributed by atoms with Crippen LogP contribution in [0.3, 0.4) is 0 Å². The van der Waals surface area contributed by atoms with Crippen molar-refractivity contribution in [2.75, 3.05) is 12.4 Å². The first-order chi connectivity index (χ1) is 12.1. The first-order valence-electron chi connectivity index (χ1n) is 8.13. The van der Waals surface area contributed by atoms with Crippen molar-refractivity contribution in [1.29, 1.82) is 0 Å². The summed E-state index contributed by atoms with van der Waals surface area (Å²) in [7, 11) is 1.53. The third kappa shape index (κ3) is 2.65. The van der Waals surface area contributed by atoms with Gasteiger partial charge < -0.3 is 10.1 Å². The number of rotatable bonds is 3. The van der Waals surface area contributed by atoms with E-state index in [9.17, 15) is 10.1 Å². The van der Waals surface area contributed by atoms with Crippen LogP contribution in [-0.2, 0) is 0 Å². The summed E-state index contributed by atoms with van der Waals surface area (Å²) in [6.45, 7) is 0. The molecule has 4 rings (SSSR count). The molecule has 0 bridgehead atoms. The van der Waals surface area contributed by atoms with Gasteiger partial charge in [0, 0.05) is 17.0 Å². The molecule has 25 heavy (non-hydrogen) atoms. The number of nitrogens with one attached hydrogen (secondary N) is 1. The SMILES string of the molecule is COc1cc([N+](=O)[O-])cc2c1N[C@H](c1cccc(Cl)c1)C1CC=CC21. The maximum atomic E-state index is 11.3. The number of non-ortho nitro benzene ring substituents is 1. The molecule has 0 saturated carbocycles. The smallest absolute Gasteiger partial charge is 0.273 e. The highest BCUT2D eigenvalue weighted by molar-refractivity contribution is 6.30. The summed E-state index contributed by atoms with van der Waals surface area (Å²) in [5.41, 5.74) is 2.91. The lowest BCUT2D eigenvalue weighted by Gasteiger charge is -2.38. The summed E-state index contributed by atoms with van der Waals surface area (Å²) < 4.78 is 5.44. The molecule has 6 heteroatoms. The second-order valence-corrected chi connectivity index (χ2v) is 6.84. The largest absolute Gasteiger partial charge is 0.494 e. The Bertz CT molecular complexity index is 881. The lowest BCUT2D eigenvalue weighted by molar-refractivity contribution is -0.385. The Morgan fingerprint density at radius 3 is 2.88 bits per heavy atom. The number of benzene rings is 2. The van der Waals surface area contributed by atoms with Gasteiger partial charge in [0.15, 0.2) is 0 Å². The average molecular weight is 357 g/mol. The van der Waals surface area contributed by atoms with Crippen molar-refractivity contribution < 1.29 is 9.66 Å². The molecule has 2 aliphatic rings. The van der Waals surface area contributed by atoms with E-state index in [1.54, 1.807) is 6.07 Å². The van der Waals surface area contributed by atoms with Gasteiger partial charge in [-0.05, 0) is 35.6 Å². The maximum absolute atomic E-state index is 11.3. The number of nitro groups is 1. The Morgan fingerprint density at radius 1 is 1.32 bits per heavy atom. The van der Waals surface area contributed by atoms with Crippen LogP contribution in [0.25, 0.3) is 0 Å². The van der Waals surface area contributed by atoms with Gasteiger partial charge in [0.2, 0.25) is 0 Å². The molecule has 0 radical (unpaired) electrons. The quantitative estimate of drug-likeness (QED) is 0.473. The van der Waals surface area contributed by atoms with Crippen molar-refractivity contribution in [3.63, 3.8) is 0 Å². The van der Waals surface area contributed by atoms with Crippen LogP contribution in [0.5, 0.6) is 5.75 Å².